The fourth-order valence-electron chi connectivity index (χ4n) is 3.76. The number of alkyl carbamates (subject to hydrolysis) is 1. The average Bonchev–Trinajstić information content (AvgIpc) is 2.79. The molecule has 0 saturated carbocycles. The maximum absolute atomic E-state index is 13.8. The van der Waals surface area contributed by atoms with Gasteiger partial charge in [0.05, 0.1) is 6.61 Å². The number of ether oxygens (including phenoxy) is 1. The van der Waals surface area contributed by atoms with Gasteiger partial charge in [-0.15, -0.1) is 0 Å². The van der Waals surface area contributed by atoms with Gasteiger partial charge < -0.3 is 31.1 Å². The topological polar surface area (TPSA) is 151 Å². The summed E-state index contributed by atoms with van der Waals surface area (Å²) in [6.07, 6.45) is 1.62. The van der Waals surface area contributed by atoms with Crippen LogP contribution in [0.5, 0.6) is 0 Å². The molecule has 2 atom stereocenters. The van der Waals surface area contributed by atoms with Crippen molar-refractivity contribution in [2.24, 2.45) is 5.73 Å². The molecule has 5 N–H and O–H groups in total. The van der Waals surface area contributed by atoms with Crippen molar-refractivity contribution in [2.45, 2.75) is 91.3 Å². The molecular formula is C27H44N4O6. The maximum Gasteiger partial charge on any atom is 0.408 e. The van der Waals surface area contributed by atoms with Crippen LogP contribution in [-0.4, -0.2) is 65.2 Å². The van der Waals surface area contributed by atoms with Crippen molar-refractivity contribution < 1.29 is 29.0 Å². The molecule has 37 heavy (non-hydrogen) atoms. The minimum absolute atomic E-state index is 0.0902. The lowest BCUT2D eigenvalue weighted by atomic mass is 9.98. The molecule has 0 radical (unpaired) electrons. The monoisotopic (exact) mass is 520 g/mol. The first-order valence-electron chi connectivity index (χ1n) is 12.8. The van der Waals surface area contributed by atoms with Crippen LogP contribution in [0.2, 0.25) is 0 Å². The Morgan fingerprint density at radius 1 is 1.11 bits per heavy atom. The molecule has 0 aromatic heterocycles. The Balaban J connectivity index is 3.42. The number of benzene rings is 1. The van der Waals surface area contributed by atoms with Crippen LogP contribution in [0.1, 0.15) is 82.5 Å². The molecule has 0 aliphatic heterocycles. The standard InChI is InChI=1S/C27H44N4O6/c1-7-8-9-14-29-24(34)23(20-11-10-18(2)19(3)17-20)31(15-16-32)25(35)21(12-13-22(28)33)30-26(36)37-27(4,5)6/h10-11,17,21,23,32H,7-9,12-16H2,1-6H3,(H2,28,33)(H,29,34)(H,30,36). The van der Waals surface area contributed by atoms with E-state index in [0.29, 0.717) is 12.1 Å². The highest BCUT2D eigenvalue weighted by molar-refractivity contribution is 5.92. The summed E-state index contributed by atoms with van der Waals surface area (Å²) >= 11 is 0. The Morgan fingerprint density at radius 3 is 2.32 bits per heavy atom. The fraction of sp³-hybridized carbons (Fsp3) is 0.630. The van der Waals surface area contributed by atoms with Crippen LogP contribution in [0.15, 0.2) is 18.2 Å². The second-order valence-corrected chi connectivity index (χ2v) is 10.2. The minimum Gasteiger partial charge on any atom is -0.444 e. The van der Waals surface area contributed by atoms with Crippen molar-refractivity contribution in [3.05, 3.63) is 34.9 Å². The van der Waals surface area contributed by atoms with Gasteiger partial charge in [0.25, 0.3) is 0 Å². The third-order valence-corrected chi connectivity index (χ3v) is 5.78. The number of aryl methyl sites for hydroxylation is 2. The van der Waals surface area contributed by atoms with Gasteiger partial charge in [0.2, 0.25) is 17.7 Å². The van der Waals surface area contributed by atoms with Crippen LogP contribution >= 0.6 is 0 Å². The summed E-state index contributed by atoms with van der Waals surface area (Å²) in [5.41, 5.74) is 7.03. The van der Waals surface area contributed by atoms with Gasteiger partial charge in [-0.1, -0.05) is 38.0 Å². The lowest BCUT2D eigenvalue weighted by Crippen LogP contribution is -2.54. The third-order valence-electron chi connectivity index (χ3n) is 5.78. The number of nitrogens with zero attached hydrogens (tertiary/aromatic N) is 1. The zero-order valence-electron chi connectivity index (χ0n) is 23.1. The van der Waals surface area contributed by atoms with Gasteiger partial charge in [-0.2, -0.15) is 0 Å². The first-order valence-corrected chi connectivity index (χ1v) is 12.8. The minimum atomic E-state index is -1.20. The second kappa shape index (κ2) is 15.2. The molecule has 0 spiro atoms. The van der Waals surface area contributed by atoms with Crippen molar-refractivity contribution in [2.75, 3.05) is 19.7 Å². The average molecular weight is 521 g/mol. The van der Waals surface area contributed by atoms with Gasteiger partial charge in [-0.25, -0.2) is 4.79 Å². The number of carbonyl (C=O) groups excluding carboxylic acids is 4. The molecule has 1 rings (SSSR count). The number of primary amides is 1. The highest BCUT2D eigenvalue weighted by Crippen LogP contribution is 2.25. The van der Waals surface area contributed by atoms with E-state index in [1.54, 1.807) is 26.8 Å². The number of hydrogen-bond donors (Lipinski definition) is 4. The fourth-order valence-corrected chi connectivity index (χ4v) is 3.76. The number of unbranched alkanes of at least 4 members (excludes halogenated alkanes) is 2. The van der Waals surface area contributed by atoms with Crippen LogP contribution in [0.3, 0.4) is 0 Å². The van der Waals surface area contributed by atoms with E-state index < -0.39 is 48.1 Å². The Labute approximate surface area is 220 Å². The zero-order valence-corrected chi connectivity index (χ0v) is 23.1. The normalized spacial score (nSPS) is 12.8. The van der Waals surface area contributed by atoms with Crippen molar-refractivity contribution in [3.8, 4) is 0 Å². The summed E-state index contributed by atoms with van der Waals surface area (Å²) < 4.78 is 5.30. The van der Waals surface area contributed by atoms with Crippen LogP contribution in [0, 0.1) is 13.8 Å². The third kappa shape index (κ3) is 11.2. The van der Waals surface area contributed by atoms with E-state index in [9.17, 15) is 24.3 Å². The number of hydrogen-bond acceptors (Lipinski definition) is 6. The SMILES string of the molecule is CCCCCNC(=O)C(c1ccc(C)c(C)c1)N(CCO)C(=O)C(CCC(N)=O)NC(=O)OC(C)(C)C. The Hall–Kier alpha value is -3.14. The Bertz CT molecular complexity index is 928. The van der Waals surface area contributed by atoms with E-state index in [-0.39, 0.29) is 19.4 Å². The largest absolute Gasteiger partial charge is 0.444 e. The van der Waals surface area contributed by atoms with Gasteiger partial charge in [-0.3, -0.25) is 14.4 Å². The van der Waals surface area contributed by atoms with Gasteiger partial charge in [0.15, 0.2) is 0 Å². The second-order valence-electron chi connectivity index (χ2n) is 10.2. The predicted octanol–water partition coefficient (Wildman–Crippen LogP) is 2.63. The smallest absolute Gasteiger partial charge is 0.408 e. The lowest BCUT2D eigenvalue weighted by molar-refractivity contribution is -0.143. The lowest BCUT2D eigenvalue weighted by Gasteiger charge is -2.34. The molecule has 10 nitrogen and oxygen atoms in total. The summed E-state index contributed by atoms with van der Waals surface area (Å²) in [4.78, 5) is 52.5. The summed E-state index contributed by atoms with van der Waals surface area (Å²) in [5, 5.41) is 15.3. The highest BCUT2D eigenvalue weighted by atomic mass is 16.6. The van der Waals surface area contributed by atoms with Gasteiger partial charge in [0.1, 0.15) is 17.7 Å². The zero-order chi connectivity index (χ0) is 28.2. The van der Waals surface area contributed by atoms with Crippen LogP contribution in [0.25, 0.3) is 0 Å². The number of nitrogens with one attached hydrogen (secondary N) is 2. The molecule has 0 aliphatic carbocycles. The van der Waals surface area contributed by atoms with Gasteiger partial charge in [0, 0.05) is 19.5 Å². The number of aliphatic hydroxyl groups excluding tert-OH is 1. The van der Waals surface area contributed by atoms with E-state index in [4.69, 9.17) is 10.5 Å². The van der Waals surface area contributed by atoms with Crippen molar-refractivity contribution >= 4 is 23.8 Å². The number of carbonyl (C=O) groups is 4. The predicted molar refractivity (Wildman–Crippen MR) is 142 cm³/mol. The summed E-state index contributed by atoms with van der Waals surface area (Å²) in [5.74, 6) is -1.67. The Morgan fingerprint density at radius 2 is 1.78 bits per heavy atom. The van der Waals surface area contributed by atoms with Crippen LogP contribution < -0.4 is 16.4 Å². The van der Waals surface area contributed by atoms with Crippen LogP contribution in [-0.2, 0) is 19.1 Å². The molecule has 1 aromatic carbocycles. The molecule has 0 aliphatic rings. The quantitative estimate of drug-likeness (QED) is 0.277. The van der Waals surface area contributed by atoms with Crippen molar-refractivity contribution in [1.82, 2.24) is 15.5 Å². The molecule has 10 heteroatoms. The first-order chi connectivity index (χ1) is 17.3. The summed E-state index contributed by atoms with van der Waals surface area (Å²) in [6, 6.07) is 3.22. The number of amides is 4. The summed E-state index contributed by atoms with van der Waals surface area (Å²) in [6.45, 7) is 10.8. The van der Waals surface area contributed by atoms with E-state index in [1.165, 1.54) is 4.90 Å². The van der Waals surface area contributed by atoms with E-state index in [1.807, 2.05) is 26.0 Å². The molecule has 0 saturated heterocycles. The van der Waals surface area contributed by atoms with E-state index in [2.05, 4.69) is 17.6 Å². The number of aliphatic hydroxyl groups is 1. The van der Waals surface area contributed by atoms with Gasteiger partial charge >= 0.3 is 6.09 Å². The maximum atomic E-state index is 13.8. The van der Waals surface area contributed by atoms with Crippen LogP contribution in [0.4, 0.5) is 4.79 Å². The number of rotatable bonds is 14. The molecule has 2 unspecified atom stereocenters. The molecule has 1 aromatic rings. The van der Waals surface area contributed by atoms with Crippen molar-refractivity contribution in [3.63, 3.8) is 0 Å². The number of nitrogens with two attached hydrogens (primary N) is 1. The Kier molecular flexibility index (Phi) is 13.1. The highest BCUT2D eigenvalue weighted by Gasteiger charge is 2.36. The van der Waals surface area contributed by atoms with Gasteiger partial charge in [-0.05, 0) is 64.2 Å². The molecule has 0 fully saturated rings. The molecule has 0 heterocycles. The van der Waals surface area contributed by atoms with E-state index in [0.717, 1.165) is 30.4 Å². The first kappa shape index (κ1) is 31.9. The molecular weight excluding hydrogens is 476 g/mol. The summed E-state index contributed by atoms with van der Waals surface area (Å²) in [7, 11) is 0. The molecule has 4 amide bonds. The molecule has 0 bridgehead atoms. The van der Waals surface area contributed by atoms with Crippen molar-refractivity contribution in [1.29, 1.82) is 0 Å². The molecule has 208 valence electrons. The van der Waals surface area contributed by atoms with E-state index >= 15 is 0 Å².